The minimum atomic E-state index is 0.406. The normalized spacial score (nSPS) is 10.3. The first-order valence-electron chi connectivity index (χ1n) is 5.69. The zero-order chi connectivity index (χ0) is 13.7. The Labute approximate surface area is 129 Å². The number of aromatic nitrogens is 1. The molecule has 0 N–H and O–H groups in total. The summed E-state index contributed by atoms with van der Waals surface area (Å²) in [5, 5.41) is 0.766. The van der Waals surface area contributed by atoms with Gasteiger partial charge in [-0.05, 0) is 45.8 Å². The molecule has 2 rings (SSSR count). The van der Waals surface area contributed by atoms with Gasteiger partial charge in [-0.2, -0.15) is 0 Å². The number of alkyl halides is 1. The number of pyridine rings is 1. The molecule has 19 heavy (non-hydrogen) atoms. The smallest absolute Gasteiger partial charge is 0.175 e. The van der Waals surface area contributed by atoms with Gasteiger partial charge in [-0.15, -0.1) is 0 Å². The second-order valence-corrected chi connectivity index (χ2v) is 5.27. The van der Waals surface area contributed by atoms with Crippen LogP contribution in [-0.2, 0) is 11.9 Å². The third-order valence-corrected chi connectivity index (χ3v) is 3.77. The van der Waals surface area contributed by atoms with Gasteiger partial charge in [0, 0.05) is 11.5 Å². The fraction of sp³-hybridized carbons (Fsp3) is 0.214. The van der Waals surface area contributed by atoms with E-state index in [9.17, 15) is 0 Å². The molecule has 0 atom stereocenters. The van der Waals surface area contributed by atoms with Crippen LogP contribution in [-0.4, -0.2) is 12.1 Å². The van der Waals surface area contributed by atoms with Crippen LogP contribution in [0.25, 0.3) is 0 Å². The van der Waals surface area contributed by atoms with E-state index in [-0.39, 0.29) is 0 Å². The molecule has 0 bridgehead atoms. The number of halogens is 2. The molecule has 0 aliphatic heterocycles. The molecule has 2 aromatic rings. The number of hydrogen-bond donors (Lipinski definition) is 0. The Balaban J connectivity index is 2.20. The van der Waals surface area contributed by atoms with Crippen molar-refractivity contribution in [3.63, 3.8) is 0 Å². The highest BCUT2D eigenvalue weighted by Crippen LogP contribution is 2.37. The molecular formula is C14H13Br2NO2. The standard InChI is InChI=1S/C14H13Br2NO2/c1-18-13-7-10(8-15)6-12(16)14(13)19-9-11-4-2-3-5-17-11/h2-7H,8-9H2,1H3. The molecule has 3 nitrogen and oxygen atoms in total. The topological polar surface area (TPSA) is 31.4 Å². The van der Waals surface area contributed by atoms with Crippen molar-refractivity contribution in [1.29, 1.82) is 0 Å². The van der Waals surface area contributed by atoms with Gasteiger partial charge in [0.15, 0.2) is 11.5 Å². The van der Waals surface area contributed by atoms with E-state index in [2.05, 4.69) is 36.8 Å². The second kappa shape index (κ2) is 6.91. The highest BCUT2D eigenvalue weighted by molar-refractivity contribution is 9.10. The predicted octanol–water partition coefficient (Wildman–Crippen LogP) is 4.33. The summed E-state index contributed by atoms with van der Waals surface area (Å²) in [5.41, 5.74) is 2.00. The van der Waals surface area contributed by atoms with Crippen LogP contribution in [0.2, 0.25) is 0 Å². The summed E-state index contributed by atoms with van der Waals surface area (Å²) in [7, 11) is 1.63. The monoisotopic (exact) mass is 385 g/mol. The predicted molar refractivity (Wildman–Crippen MR) is 81.9 cm³/mol. The molecule has 0 unspecified atom stereocenters. The van der Waals surface area contributed by atoms with Crippen molar-refractivity contribution in [3.8, 4) is 11.5 Å². The van der Waals surface area contributed by atoms with Gasteiger partial charge in [0.05, 0.1) is 17.3 Å². The zero-order valence-electron chi connectivity index (χ0n) is 10.4. The van der Waals surface area contributed by atoms with Crippen LogP contribution in [0.1, 0.15) is 11.3 Å². The van der Waals surface area contributed by atoms with E-state index < -0.39 is 0 Å². The van der Waals surface area contributed by atoms with Crippen LogP contribution in [0.15, 0.2) is 41.0 Å². The van der Waals surface area contributed by atoms with Crippen LogP contribution in [0.5, 0.6) is 11.5 Å². The van der Waals surface area contributed by atoms with Gasteiger partial charge in [-0.3, -0.25) is 4.98 Å². The quantitative estimate of drug-likeness (QED) is 0.716. The first-order valence-corrected chi connectivity index (χ1v) is 7.61. The van der Waals surface area contributed by atoms with Gasteiger partial charge in [-0.25, -0.2) is 0 Å². The minimum absolute atomic E-state index is 0.406. The molecule has 1 aromatic carbocycles. The summed E-state index contributed by atoms with van der Waals surface area (Å²) in [4.78, 5) is 4.22. The van der Waals surface area contributed by atoms with Crippen molar-refractivity contribution >= 4 is 31.9 Å². The van der Waals surface area contributed by atoms with E-state index in [0.29, 0.717) is 18.1 Å². The Morgan fingerprint density at radius 2 is 2.11 bits per heavy atom. The van der Waals surface area contributed by atoms with Crippen molar-refractivity contribution in [3.05, 3.63) is 52.3 Å². The summed E-state index contributed by atoms with van der Waals surface area (Å²) >= 11 is 6.93. The average molecular weight is 387 g/mol. The number of rotatable bonds is 5. The van der Waals surface area contributed by atoms with Crippen LogP contribution in [0, 0.1) is 0 Å². The molecular weight excluding hydrogens is 374 g/mol. The number of nitrogens with zero attached hydrogens (tertiary/aromatic N) is 1. The molecule has 0 radical (unpaired) electrons. The lowest BCUT2D eigenvalue weighted by Gasteiger charge is -2.13. The maximum Gasteiger partial charge on any atom is 0.175 e. The SMILES string of the molecule is COc1cc(CBr)cc(Br)c1OCc1ccccn1. The molecule has 0 saturated carbocycles. The van der Waals surface area contributed by atoms with Gasteiger partial charge >= 0.3 is 0 Å². The van der Waals surface area contributed by atoms with Crippen LogP contribution < -0.4 is 9.47 Å². The minimum Gasteiger partial charge on any atom is -0.493 e. The van der Waals surface area contributed by atoms with Gasteiger partial charge < -0.3 is 9.47 Å². The Morgan fingerprint density at radius 3 is 2.74 bits per heavy atom. The van der Waals surface area contributed by atoms with E-state index in [1.165, 1.54) is 0 Å². The third-order valence-electron chi connectivity index (χ3n) is 2.53. The second-order valence-electron chi connectivity index (χ2n) is 3.85. The summed E-state index contributed by atoms with van der Waals surface area (Å²) in [5.74, 6) is 1.40. The van der Waals surface area contributed by atoms with E-state index in [1.54, 1.807) is 13.3 Å². The third kappa shape index (κ3) is 3.70. The van der Waals surface area contributed by atoms with E-state index >= 15 is 0 Å². The van der Waals surface area contributed by atoms with Crippen molar-refractivity contribution in [2.75, 3.05) is 7.11 Å². The number of methoxy groups -OCH3 is 1. The Morgan fingerprint density at radius 1 is 1.26 bits per heavy atom. The summed E-state index contributed by atoms with van der Waals surface area (Å²) in [6.45, 7) is 0.406. The lowest BCUT2D eigenvalue weighted by Crippen LogP contribution is -2.00. The zero-order valence-corrected chi connectivity index (χ0v) is 13.6. The highest BCUT2D eigenvalue weighted by Gasteiger charge is 2.11. The fourth-order valence-corrected chi connectivity index (χ4v) is 2.55. The van der Waals surface area contributed by atoms with Crippen molar-refractivity contribution in [2.45, 2.75) is 11.9 Å². The number of benzene rings is 1. The Hall–Kier alpha value is -1.07. The molecule has 0 saturated heterocycles. The first kappa shape index (κ1) is 14.3. The Kier molecular flexibility index (Phi) is 5.22. The molecule has 0 aliphatic rings. The van der Waals surface area contributed by atoms with Crippen molar-refractivity contribution < 1.29 is 9.47 Å². The maximum absolute atomic E-state index is 5.79. The van der Waals surface area contributed by atoms with Crippen LogP contribution >= 0.6 is 31.9 Å². The molecule has 5 heteroatoms. The van der Waals surface area contributed by atoms with Crippen molar-refractivity contribution in [2.24, 2.45) is 0 Å². The van der Waals surface area contributed by atoms with Gasteiger partial charge in [-0.1, -0.05) is 22.0 Å². The van der Waals surface area contributed by atoms with E-state index in [1.807, 2.05) is 30.3 Å². The molecule has 100 valence electrons. The van der Waals surface area contributed by atoms with Gasteiger partial charge in [0.25, 0.3) is 0 Å². The molecule has 1 aromatic heterocycles. The first-order chi connectivity index (χ1) is 9.24. The largest absolute Gasteiger partial charge is 0.493 e. The maximum atomic E-state index is 5.79. The van der Waals surface area contributed by atoms with E-state index in [0.717, 1.165) is 21.1 Å². The molecule has 0 amide bonds. The molecule has 1 heterocycles. The van der Waals surface area contributed by atoms with Crippen LogP contribution in [0.4, 0.5) is 0 Å². The molecule has 0 fully saturated rings. The summed E-state index contributed by atoms with van der Waals surface area (Å²) in [6, 6.07) is 9.70. The molecule has 0 aliphatic carbocycles. The summed E-state index contributed by atoms with van der Waals surface area (Å²) < 4.78 is 12.0. The number of hydrogen-bond acceptors (Lipinski definition) is 3. The highest BCUT2D eigenvalue weighted by atomic mass is 79.9. The lowest BCUT2D eigenvalue weighted by atomic mass is 10.2. The fourth-order valence-electron chi connectivity index (χ4n) is 1.62. The lowest BCUT2D eigenvalue weighted by molar-refractivity contribution is 0.278. The van der Waals surface area contributed by atoms with Gasteiger partial charge in [0.1, 0.15) is 6.61 Å². The summed E-state index contributed by atoms with van der Waals surface area (Å²) in [6.07, 6.45) is 1.75. The van der Waals surface area contributed by atoms with E-state index in [4.69, 9.17) is 9.47 Å². The van der Waals surface area contributed by atoms with Crippen LogP contribution in [0.3, 0.4) is 0 Å². The average Bonchev–Trinajstić information content (AvgIpc) is 2.46. The number of ether oxygens (including phenoxy) is 2. The Bertz CT molecular complexity index is 547. The van der Waals surface area contributed by atoms with Crippen molar-refractivity contribution in [1.82, 2.24) is 4.98 Å². The van der Waals surface area contributed by atoms with Gasteiger partial charge in [0.2, 0.25) is 0 Å². The molecule has 0 spiro atoms.